The molecule has 3 rings (SSSR count). The third kappa shape index (κ3) is 3.61. The molecule has 27 heavy (non-hydrogen) atoms. The zero-order chi connectivity index (χ0) is 19.8. The lowest BCUT2D eigenvalue weighted by atomic mass is 9.62. The third-order valence-corrected chi connectivity index (χ3v) is 5.70. The number of benzene rings is 2. The Morgan fingerprint density at radius 2 is 1.67 bits per heavy atom. The number of rotatable bonds is 3. The molecule has 0 saturated carbocycles. The Hall–Kier alpha value is -2.62. The number of anilines is 1. The minimum atomic E-state index is -0.352. The summed E-state index contributed by atoms with van der Waals surface area (Å²) in [6.45, 7) is 9.11. The van der Waals surface area contributed by atoms with Gasteiger partial charge >= 0.3 is 5.97 Å². The van der Waals surface area contributed by atoms with Crippen molar-refractivity contribution in [1.82, 2.24) is 0 Å². The van der Waals surface area contributed by atoms with Crippen molar-refractivity contribution in [3.8, 4) is 0 Å². The van der Waals surface area contributed by atoms with Crippen LogP contribution in [0.15, 0.2) is 41.4 Å². The molecule has 0 bridgehead atoms. The number of fused-ring (bicyclic) bond motifs is 1. The topological polar surface area (TPSA) is 64.7 Å². The number of ether oxygens (including phenoxy) is 1. The van der Waals surface area contributed by atoms with Gasteiger partial charge in [0.2, 0.25) is 0 Å². The molecule has 0 spiro atoms. The number of esters is 1. The SMILES string of the molecule is COC(=O)c1ccc(N=Cc2ccc3c(c2N)C(C)(C)CCC3(C)C)cc1. The number of carbonyl (C=O) groups is 1. The Balaban J connectivity index is 1.95. The maximum Gasteiger partial charge on any atom is 0.337 e. The molecule has 2 aromatic carbocycles. The number of carbonyl (C=O) groups excluding carboxylic acids is 1. The summed E-state index contributed by atoms with van der Waals surface area (Å²) in [5, 5.41) is 0. The lowest BCUT2D eigenvalue weighted by Crippen LogP contribution is -2.35. The van der Waals surface area contributed by atoms with Crippen molar-refractivity contribution in [3.05, 3.63) is 58.7 Å². The Labute approximate surface area is 161 Å². The first kappa shape index (κ1) is 19.2. The van der Waals surface area contributed by atoms with E-state index >= 15 is 0 Å². The van der Waals surface area contributed by atoms with E-state index < -0.39 is 0 Å². The highest BCUT2D eigenvalue weighted by Gasteiger charge is 2.38. The first-order chi connectivity index (χ1) is 12.7. The summed E-state index contributed by atoms with van der Waals surface area (Å²) in [6, 6.07) is 11.3. The number of nitrogen functional groups attached to an aromatic ring is 1. The fourth-order valence-electron chi connectivity index (χ4n) is 3.87. The Kier molecular flexibility index (Phi) is 4.85. The van der Waals surface area contributed by atoms with Gasteiger partial charge in [0, 0.05) is 17.5 Å². The number of nitrogens with zero attached hydrogens (tertiary/aromatic N) is 1. The zero-order valence-electron chi connectivity index (χ0n) is 16.8. The molecule has 4 heteroatoms. The minimum Gasteiger partial charge on any atom is -0.465 e. The predicted molar refractivity (Wildman–Crippen MR) is 111 cm³/mol. The molecule has 0 atom stereocenters. The van der Waals surface area contributed by atoms with Gasteiger partial charge < -0.3 is 10.5 Å². The number of hydrogen-bond acceptors (Lipinski definition) is 4. The van der Waals surface area contributed by atoms with Crippen molar-refractivity contribution in [2.75, 3.05) is 12.8 Å². The van der Waals surface area contributed by atoms with E-state index in [1.807, 2.05) is 0 Å². The average molecular weight is 364 g/mol. The molecular formula is C23H28N2O2. The van der Waals surface area contributed by atoms with Crippen molar-refractivity contribution >= 4 is 23.6 Å². The maximum absolute atomic E-state index is 11.5. The van der Waals surface area contributed by atoms with E-state index in [1.54, 1.807) is 30.5 Å². The van der Waals surface area contributed by atoms with Gasteiger partial charge in [0.25, 0.3) is 0 Å². The molecule has 0 aromatic heterocycles. The Morgan fingerprint density at radius 3 is 2.30 bits per heavy atom. The second-order valence-corrected chi connectivity index (χ2v) is 8.56. The quantitative estimate of drug-likeness (QED) is 0.465. The molecule has 142 valence electrons. The van der Waals surface area contributed by atoms with Gasteiger partial charge in [-0.05, 0) is 59.1 Å². The van der Waals surface area contributed by atoms with E-state index in [2.05, 4.69) is 44.8 Å². The lowest BCUT2D eigenvalue weighted by Gasteiger charge is -2.42. The van der Waals surface area contributed by atoms with E-state index in [9.17, 15) is 4.79 Å². The van der Waals surface area contributed by atoms with Crippen LogP contribution >= 0.6 is 0 Å². The van der Waals surface area contributed by atoms with Crippen LogP contribution in [0, 0.1) is 0 Å². The summed E-state index contributed by atoms with van der Waals surface area (Å²) in [6.07, 6.45) is 4.08. The second kappa shape index (κ2) is 6.84. The fourth-order valence-corrected chi connectivity index (χ4v) is 3.87. The van der Waals surface area contributed by atoms with E-state index in [0.717, 1.165) is 29.8 Å². The van der Waals surface area contributed by atoms with Crippen LogP contribution in [0.25, 0.3) is 0 Å². The van der Waals surface area contributed by atoms with Crippen LogP contribution in [-0.2, 0) is 15.6 Å². The number of aliphatic imine (C=N–C) groups is 1. The molecule has 2 aromatic rings. The number of nitrogens with two attached hydrogens (primary N) is 1. The minimum absolute atomic E-state index is 0.0565. The van der Waals surface area contributed by atoms with Crippen molar-refractivity contribution in [2.45, 2.75) is 51.4 Å². The first-order valence-electron chi connectivity index (χ1n) is 9.31. The standard InChI is InChI=1S/C23H28N2O2/c1-22(2)12-13-23(3,4)19-18(22)11-8-16(20(19)24)14-25-17-9-6-15(7-10-17)21(26)27-5/h6-11,14H,12-13,24H2,1-5H3. The van der Waals surface area contributed by atoms with Crippen molar-refractivity contribution in [3.63, 3.8) is 0 Å². The van der Waals surface area contributed by atoms with Crippen LogP contribution in [-0.4, -0.2) is 19.3 Å². The maximum atomic E-state index is 11.5. The molecule has 4 nitrogen and oxygen atoms in total. The summed E-state index contributed by atoms with van der Waals surface area (Å²) < 4.78 is 4.72. The van der Waals surface area contributed by atoms with Gasteiger partial charge in [-0.3, -0.25) is 4.99 Å². The van der Waals surface area contributed by atoms with E-state index in [0.29, 0.717) is 5.56 Å². The molecule has 0 aliphatic heterocycles. The lowest BCUT2D eigenvalue weighted by molar-refractivity contribution is 0.0601. The Bertz CT molecular complexity index is 893. The van der Waals surface area contributed by atoms with Crippen molar-refractivity contribution in [2.24, 2.45) is 4.99 Å². The Morgan fingerprint density at radius 1 is 1.04 bits per heavy atom. The van der Waals surface area contributed by atoms with Crippen molar-refractivity contribution < 1.29 is 9.53 Å². The third-order valence-electron chi connectivity index (χ3n) is 5.70. The van der Waals surface area contributed by atoms with E-state index in [4.69, 9.17) is 10.5 Å². The van der Waals surface area contributed by atoms with Gasteiger partial charge in [0.05, 0.1) is 18.4 Å². The van der Waals surface area contributed by atoms with Crippen LogP contribution < -0.4 is 5.73 Å². The molecule has 1 aliphatic rings. The molecule has 0 saturated heterocycles. The molecule has 0 unspecified atom stereocenters. The van der Waals surface area contributed by atoms with Gasteiger partial charge in [-0.15, -0.1) is 0 Å². The van der Waals surface area contributed by atoms with Crippen LogP contribution in [0.1, 0.15) is 67.6 Å². The number of hydrogen-bond donors (Lipinski definition) is 1. The molecule has 2 N–H and O–H groups in total. The molecule has 0 heterocycles. The smallest absolute Gasteiger partial charge is 0.337 e. The van der Waals surface area contributed by atoms with Crippen LogP contribution in [0.5, 0.6) is 0 Å². The van der Waals surface area contributed by atoms with E-state index in [1.165, 1.54) is 18.2 Å². The fraction of sp³-hybridized carbons (Fsp3) is 0.391. The average Bonchev–Trinajstić information content (AvgIpc) is 2.64. The van der Waals surface area contributed by atoms with Gasteiger partial charge in [0.1, 0.15) is 0 Å². The zero-order valence-corrected chi connectivity index (χ0v) is 16.8. The van der Waals surface area contributed by atoms with Crippen LogP contribution in [0.3, 0.4) is 0 Å². The van der Waals surface area contributed by atoms with E-state index in [-0.39, 0.29) is 16.8 Å². The highest BCUT2D eigenvalue weighted by Crippen LogP contribution is 2.48. The van der Waals surface area contributed by atoms with Gasteiger partial charge in [-0.1, -0.05) is 39.8 Å². The molecular weight excluding hydrogens is 336 g/mol. The molecule has 0 radical (unpaired) electrons. The summed E-state index contributed by atoms with van der Waals surface area (Å²) in [5.74, 6) is -0.352. The highest BCUT2D eigenvalue weighted by atomic mass is 16.5. The summed E-state index contributed by atoms with van der Waals surface area (Å²) in [5.41, 5.74) is 12.4. The summed E-state index contributed by atoms with van der Waals surface area (Å²) >= 11 is 0. The van der Waals surface area contributed by atoms with Gasteiger partial charge in [0.15, 0.2) is 0 Å². The largest absolute Gasteiger partial charge is 0.465 e. The summed E-state index contributed by atoms with van der Waals surface area (Å²) in [7, 11) is 1.37. The van der Waals surface area contributed by atoms with Gasteiger partial charge in [-0.2, -0.15) is 0 Å². The molecule has 1 aliphatic carbocycles. The highest BCUT2D eigenvalue weighted by molar-refractivity contribution is 5.92. The summed E-state index contributed by atoms with van der Waals surface area (Å²) in [4.78, 5) is 16.1. The van der Waals surface area contributed by atoms with Crippen molar-refractivity contribution in [1.29, 1.82) is 0 Å². The van der Waals surface area contributed by atoms with Gasteiger partial charge in [-0.25, -0.2) is 4.79 Å². The predicted octanol–water partition coefficient (Wildman–Crippen LogP) is 5.16. The van der Waals surface area contributed by atoms with Crippen LogP contribution in [0.4, 0.5) is 11.4 Å². The molecule has 0 amide bonds. The second-order valence-electron chi connectivity index (χ2n) is 8.56. The number of methoxy groups -OCH3 is 1. The first-order valence-corrected chi connectivity index (χ1v) is 9.31. The normalized spacial score (nSPS) is 17.5. The van der Waals surface area contributed by atoms with Crippen LogP contribution in [0.2, 0.25) is 0 Å². The monoisotopic (exact) mass is 364 g/mol. The molecule has 0 fully saturated rings.